The number of aromatic nitrogens is 2. The minimum atomic E-state index is -0.175. The van der Waals surface area contributed by atoms with Crippen molar-refractivity contribution in [2.75, 3.05) is 11.9 Å². The van der Waals surface area contributed by atoms with Crippen molar-refractivity contribution >= 4 is 17.4 Å². The fourth-order valence-corrected chi connectivity index (χ4v) is 2.95. The fourth-order valence-electron chi connectivity index (χ4n) is 2.95. The zero-order chi connectivity index (χ0) is 17.5. The molecule has 5 nitrogen and oxygen atoms in total. The van der Waals surface area contributed by atoms with Gasteiger partial charge >= 0.3 is 0 Å². The van der Waals surface area contributed by atoms with Crippen molar-refractivity contribution < 1.29 is 4.79 Å². The molecule has 1 aliphatic carbocycles. The van der Waals surface area contributed by atoms with Crippen LogP contribution in [0.4, 0.5) is 11.5 Å². The van der Waals surface area contributed by atoms with E-state index in [0.717, 1.165) is 18.5 Å². The summed E-state index contributed by atoms with van der Waals surface area (Å²) in [5.41, 5.74) is 3.91. The highest BCUT2D eigenvalue weighted by Gasteiger charge is 2.09. The molecule has 2 aromatic rings. The molecule has 1 heterocycles. The Morgan fingerprint density at radius 3 is 2.80 bits per heavy atom. The van der Waals surface area contributed by atoms with Crippen molar-refractivity contribution in [2.45, 2.75) is 39.0 Å². The molecule has 0 bridgehead atoms. The molecule has 0 aliphatic heterocycles. The van der Waals surface area contributed by atoms with Crippen LogP contribution in [0.25, 0.3) is 0 Å². The molecule has 1 aromatic carbocycles. The van der Waals surface area contributed by atoms with Gasteiger partial charge < -0.3 is 10.6 Å². The highest BCUT2D eigenvalue weighted by Crippen LogP contribution is 2.19. The number of carbonyl (C=O) groups is 1. The first-order chi connectivity index (χ1) is 12.2. The number of amides is 1. The number of benzene rings is 1. The van der Waals surface area contributed by atoms with Gasteiger partial charge in [0.15, 0.2) is 11.5 Å². The highest BCUT2D eigenvalue weighted by atomic mass is 16.1. The van der Waals surface area contributed by atoms with Crippen molar-refractivity contribution in [3.8, 4) is 0 Å². The average molecular weight is 336 g/mol. The van der Waals surface area contributed by atoms with Crippen LogP contribution in [0.1, 0.15) is 48.2 Å². The molecule has 1 amide bonds. The van der Waals surface area contributed by atoms with Gasteiger partial charge in [0.05, 0.1) is 0 Å². The minimum absolute atomic E-state index is 0.175. The molecule has 0 saturated carbocycles. The van der Waals surface area contributed by atoms with E-state index in [0.29, 0.717) is 18.1 Å². The van der Waals surface area contributed by atoms with E-state index in [4.69, 9.17) is 0 Å². The topological polar surface area (TPSA) is 66.9 Å². The molecule has 3 rings (SSSR count). The lowest BCUT2D eigenvalue weighted by Crippen LogP contribution is -2.26. The molecular formula is C20H24N4O. The van der Waals surface area contributed by atoms with Gasteiger partial charge in [0.25, 0.3) is 5.91 Å². The third-order valence-corrected chi connectivity index (χ3v) is 4.30. The van der Waals surface area contributed by atoms with Gasteiger partial charge in [-0.2, -0.15) is 0 Å². The lowest BCUT2D eigenvalue weighted by atomic mass is 9.97. The maximum atomic E-state index is 12.1. The van der Waals surface area contributed by atoms with Crippen molar-refractivity contribution in [2.24, 2.45) is 0 Å². The molecule has 25 heavy (non-hydrogen) atoms. The third kappa shape index (κ3) is 5.14. The van der Waals surface area contributed by atoms with Gasteiger partial charge in [0, 0.05) is 12.2 Å². The van der Waals surface area contributed by atoms with Crippen LogP contribution in [0, 0.1) is 6.92 Å². The predicted octanol–water partition coefficient (Wildman–Crippen LogP) is 4.15. The van der Waals surface area contributed by atoms with E-state index in [9.17, 15) is 4.79 Å². The first-order valence-corrected chi connectivity index (χ1v) is 8.84. The van der Waals surface area contributed by atoms with Crippen molar-refractivity contribution in [3.63, 3.8) is 0 Å². The number of hydrogen-bond donors (Lipinski definition) is 2. The summed E-state index contributed by atoms with van der Waals surface area (Å²) in [6, 6.07) is 11.5. The van der Waals surface area contributed by atoms with Crippen LogP contribution >= 0.6 is 0 Å². The summed E-state index contributed by atoms with van der Waals surface area (Å²) in [6.07, 6.45) is 8.11. The number of nitrogens with one attached hydrogen (secondary N) is 2. The smallest absolute Gasteiger partial charge is 0.271 e. The normalized spacial score (nSPS) is 13.9. The minimum Gasteiger partial charge on any atom is -0.350 e. The monoisotopic (exact) mass is 336 g/mol. The Hall–Kier alpha value is -2.69. The molecule has 1 aliphatic rings. The molecule has 0 radical (unpaired) electrons. The maximum Gasteiger partial charge on any atom is 0.271 e. The SMILES string of the molecule is Cc1cccc(Nc2ccc(C(=O)NCCC3=CCCCC3)nn2)c1. The number of hydrogen-bond acceptors (Lipinski definition) is 4. The summed E-state index contributed by atoms with van der Waals surface area (Å²) in [5.74, 6) is 0.445. The van der Waals surface area contributed by atoms with Crippen LogP contribution in [0.5, 0.6) is 0 Å². The first-order valence-electron chi connectivity index (χ1n) is 8.84. The summed E-state index contributed by atoms with van der Waals surface area (Å²) >= 11 is 0. The number of carbonyl (C=O) groups excluding carboxylic acids is 1. The largest absolute Gasteiger partial charge is 0.350 e. The number of aryl methyl sites for hydroxylation is 1. The van der Waals surface area contributed by atoms with Crippen LogP contribution in [0.15, 0.2) is 48.0 Å². The van der Waals surface area contributed by atoms with Gasteiger partial charge in [-0.1, -0.05) is 23.8 Å². The number of allylic oxidation sites excluding steroid dienone is 1. The molecule has 5 heteroatoms. The molecule has 0 unspecified atom stereocenters. The number of nitrogens with zero attached hydrogens (tertiary/aromatic N) is 2. The average Bonchev–Trinajstić information content (AvgIpc) is 2.63. The standard InChI is InChI=1S/C20H24N4O/c1-15-6-5-9-17(14-15)22-19-11-10-18(23-24-19)20(25)21-13-12-16-7-3-2-4-8-16/h5-7,9-11,14H,2-4,8,12-13H2,1H3,(H,21,25)(H,22,24). The van der Waals surface area contributed by atoms with Gasteiger partial charge in [-0.15, -0.1) is 10.2 Å². The Morgan fingerprint density at radius 1 is 1.16 bits per heavy atom. The summed E-state index contributed by atoms with van der Waals surface area (Å²) in [6.45, 7) is 2.68. The number of anilines is 2. The lowest BCUT2D eigenvalue weighted by Gasteiger charge is -2.12. The van der Waals surface area contributed by atoms with Gasteiger partial charge in [-0.25, -0.2) is 0 Å². The van der Waals surface area contributed by atoms with Gasteiger partial charge in [0.2, 0.25) is 0 Å². The van der Waals surface area contributed by atoms with Crippen molar-refractivity contribution in [1.29, 1.82) is 0 Å². The summed E-state index contributed by atoms with van der Waals surface area (Å²) in [7, 11) is 0. The van der Waals surface area contributed by atoms with Gasteiger partial charge in [0.1, 0.15) is 0 Å². The summed E-state index contributed by atoms with van der Waals surface area (Å²) in [4.78, 5) is 12.1. The van der Waals surface area contributed by atoms with E-state index in [1.165, 1.54) is 30.4 Å². The zero-order valence-electron chi connectivity index (χ0n) is 14.6. The zero-order valence-corrected chi connectivity index (χ0v) is 14.6. The van der Waals surface area contributed by atoms with Crippen LogP contribution in [-0.2, 0) is 0 Å². The van der Waals surface area contributed by atoms with Crippen molar-refractivity contribution in [1.82, 2.24) is 15.5 Å². The molecular weight excluding hydrogens is 312 g/mol. The van der Waals surface area contributed by atoms with E-state index in [-0.39, 0.29) is 5.91 Å². The Balaban J connectivity index is 1.51. The Bertz CT molecular complexity index is 753. The second-order valence-corrected chi connectivity index (χ2v) is 6.41. The van der Waals surface area contributed by atoms with E-state index >= 15 is 0 Å². The molecule has 0 atom stereocenters. The van der Waals surface area contributed by atoms with Crippen LogP contribution in [0.3, 0.4) is 0 Å². The van der Waals surface area contributed by atoms with E-state index in [1.807, 2.05) is 31.2 Å². The molecule has 0 spiro atoms. The Kier molecular flexibility index (Phi) is 5.77. The summed E-state index contributed by atoms with van der Waals surface area (Å²) < 4.78 is 0. The molecule has 130 valence electrons. The second kappa shape index (κ2) is 8.42. The van der Waals surface area contributed by atoms with Crippen molar-refractivity contribution in [3.05, 3.63) is 59.3 Å². The maximum absolute atomic E-state index is 12.1. The van der Waals surface area contributed by atoms with Gasteiger partial charge in [-0.05, 0) is 68.9 Å². The molecule has 0 saturated heterocycles. The molecule has 0 fully saturated rings. The summed E-state index contributed by atoms with van der Waals surface area (Å²) in [5, 5.41) is 14.2. The van der Waals surface area contributed by atoms with Gasteiger partial charge in [-0.3, -0.25) is 4.79 Å². The van der Waals surface area contributed by atoms with E-state index in [2.05, 4.69) is 26.9 Å². The highest BCUT2D eigenvalue weighted by molar-refractivity contribution is 5.92. The lowest BCUT2D eigenvalue weighted by molar-refractivity contribution is 0.0948. The second-order valence-electron chi connectivity index (χ2n) is 6.41. The predicted molar refractivity (Wildman–Crippen MR) is 100.0 cm³/mol. The number of rotatable bonds is 6. The van der Waals surface area contributed by atoms with E-state index < -0.39 is 0 Å². The third-order valence-electron chi connectivity index (χ3n) is 4.30. The van der Waals surface area contributed by atoms with Crippen LogP contribution in [0.2, 0.25) is 0 Å². The molecule has 1 aromatic heterocycles. The fraction of sp³-hybridized carbons (Fsp3) is 0.350. The Morgan fingerprint density at radius 2 is 2.08 bits per heavy atom. The van der Waals surface area contributed by atoms with Crippen LogP contribution < -0.4 is 10.6 Å². The van der Waals surface area contributed by atoms with Crippen LogP contribution in [-0.4, -0.2) is 22.6 Å². The Labute approximate surface area is 148 Å². The molecule has 2 N–H and O–H groups in total. The first kappa shape index (κ1) is 17.1. The van der Waals surface area contributed by atoms with E-state index in [1.54, 1.807) is 12.1 Å². The quantitative estimate of drug-likeness (QED) is 0.778.